The van der Waals surface area contributed by atoms with E-state index in [-0.39, 0.29) is 94.0 Å². The third kappa shape index (κ3) is 14.4. The standard InChI is InChI=1S/C61H88N13O14P.CN.Co/c1-29-11-15-39-38(21-29)69-28-74(39)56-51(83)52(40(27-75)86-56)88-89(84,85)87-30(2)26-68-48(82)19-20-58(7)36(22-45(65)79)55-61(10)60(9,25-47(67)81)35(14-18-44(64)78)50(73-61)32(4)54-59(8,24-46(66)80)33(12-16-42(62)76)37(70-54)23-41-57(5,6)34(13-17-43(63)77)49(71-41)31(3)53(58)72-55;1-2;/h11,15,21,23,28,30,33-36,40,51-52,55-56,75,83H,12-14,16-20,22,24-27H2,1-10H3,(H15,62,63,64,65,66,67,68,70,71,72,73,76,77,78,79,80,81,82,84,85);;/q;-1;/p-2/t30-,33-,34-,35-,36+,40-,51-,52-,55-,56+,58-,59+,60+,61+;;/m1../s1. The molecule has 505 valence electrons. The Bertz CT molecular complexity index is 3540. The zero-order chi connectivity index (χ0) is 67.8. The average molecular weight is 1340 g/mol. The van der Waals surface area contributed by atoms with Gasteiger partial charge < -0.3 is 90.3 Å². The van der Waals surface area contributed by atoms with Crippen molar-refractivity contribution in [2.24, 2.45) is 94.7 Å². The summed E-state index contributed by atoms with van der Waals surface area (Å²) < 4.78 is 31.7. The third-order valence-electron chi connectivity index (χ3n) is 20.0. The summed E-state index contributed by atoms with van der Waals surface area (Å²) in [7, 11) is -5.31. The van der Waals surface area contributed by atoms with E-state index in [1.807, 2.05) is 73.6 Å². The van der Waals surface area contributed by atoms with E-state index >= 15 is 0 Å². The summed E-state index contributed by atoms with van der Waals surface area (Å²) in [5.74, 6) is -7.40. The van der Waals surface area contributed by atoms with Crippen LogP contribution in [-0.4, -0.2) is 127 Å². The number of allylic oxidation sites excluding steroid dienone is 6. The van der Waals surface area contributed by atoms with Crippen LogP contribution in [0.15, 0.2) is 73.8 Å². The maximum atomic E-state index is 14.3. The van der Waals surface area contributed by atoms with Crippen molar-refractivity contribution in [1.82, 2.24) is 14.9 Å². The van der Waals surface area contributed by atoms with Gasteiger partial charge in [-0.15, -0.1) is 0 Å². The SMILES string of the molecule is C/C1=C2/[N-][C@H]([C@H](CC(N)=O)[C@@]2(C)CCC(=O)NC[C@@H](C)OP(=O)([O-])O[C@H]2[C@@H](O)[C@@H](n3cnc4cc(C)ccc43)O[C@@H]2CO)[C@]2(C)N=C(/C(C)=C3N=C(/C=C4N=C1[C@@H](CCC(N)=O)C\4(C)C)[C@@H](CCC(N)=O)[C@]\3(C)CC(N)=O)[C@@H](CCC(N)=O)[C@]2(C)CC(N)=O.[C-]#N.[Co]. The molecule has 7 amide bonds. The topological polar surface area (TPSA) is 489 Å². The van der Waals surface area contributed by atoms with Gasteiger partial charge in [-0.2, -0.15) is 5.70 Å². The summed E-state index contributed by atoms with van der Waals surface area (Å²) in [5.41, 5.74) is 35.6. The monoisotopic (exact) mass is 1340 g/mol. The number of fused-ring (bicyclic) bond motifs is 7. The molecule has 6 aliphatic heterocycles. The number of phosphoric acid groups is 1. The summed E-state index contributed by atoms with van der Waals surface area (Å²) in [4.78, 5) is 128. The molecule has 30 heteroatoms. The molecule has 0 aliphatic carbocycles. The second-order valence-electron chi connectivity index (χ2n) is 26.6. The van der Waals surface area contributed by atoms with Crippen molar-refractivity contribution in [2.45, 2.75) is 182 Å². The van der Waals surface area contributed by atoms with Crippen LogP contribution in [0.25, 0.3) is 16.4 Å². The zero-order valence-electron chi connectivity index (χ0n) is 53.5. The number of carbonyl (C=O) groups is 7. The first-order valence-electron chi connectivity index (χ1n) is 30.3. The molecule has 0 spiro atoms. The minimum Gasteiger partial charge on any atom is -0.756 e. The van der Waals surface area contributed by atoms with Crippen molar-refractivity contribution in [3.63, 3.8) is 0 Å². The number of aliphatic imine (C=N–C) groups is 3. The predicted octanol–water partition coefficient (Wildman–Crippen LogP) is 3.10. The molecule has 2 saturated heterocycles. The first kappa shape index (κ1) is 74.0. The number of aromatic nitrogens is 2. The Morgan fingerprint density at radius 3 is 2.00 bits per heavy atom. The van der Waals surface area contributed by atoms with E-state index in [1.54, 1.807) is 13.0 Å². The molecule has 7 heterocycles. The van der Waals surface area contributed by atoms with Crippen LogP contribution in [0.1, 0.15) is 145 Å². The Morgan fingerprint density at radius 2 is 1.42 bits per heavy atom. The number of nitrogens with zero attached hydrogens (tertiary/aromatic N) is 7. The normalized spacial score (nSPS) is 33.4. The quantitative estimate of drug-likeness (QED) is 0.0483. The number of primary amides is 6. The number of imidazole rings is 1. The third-order valence-corrected chi connectivity index (χ3v) is 21.1. The van der Waals surface area contributed by atoms with Crippen LogP contribution in [-0.2, 0) is 68.7 Å². The van der Waals surface area contributed by atoms with Crippen molar-refractivity contribution in [3.05, 3.63) is 76.3 Å². The zero-order valence-corrected chi connectivity index (χ0v) is 55.5. The first-order chi connectivity index (χ1) is 42.4. The maximum absolute atomic E-state index is 14.3. The smallest absolute Gasteiger partial charge is 0.268 e. The first-order valence-corrected chi connectivity index (χ1v) is 31.8. The van der Waals surface area contributed by atoms with E-state index in [0.29, 0.717) is 56.4 Å². The number of benzene rings is 1. The summed E-state index contributed by atoms with van der Waals surface area (Å²) in [6.07, 6.45) is -4.78. The Kier molecular flexibility index (Phi) is 22.8. The van der Waals surface area contributed by atoms with Crippen LogP contribution in [0.5, 0.6) is 0 Å². The fourth-order valence-corrected chi connectivity index (χ4v) is 16.3. The second-order valence-corrected chi connectivity index (χ2v) is 27.9. The Labute approximate surface area is 545 Å². The molecule has 1 aromatic carbocycles. The van der Waals surface area contributed by atoms with Gasteiger partial charge in [-0.1, -0.05) is 46.7 Å². The molecule has 1 aromatic heterocycles. The van der Waals surface area contributed by atoms with Crippen molar-refractivity contribution < 1.29 is 83.8 Å². The molecule has 6 aliphatic rings. The average Bonchev–Trinajstić information content (AvgIpc) is 1.53. The number of aliphatic hydroxyl groups is 2. The summed E-state index contributed by atoms with van der Waals surface area (Å²) in [6.45, 7) is 21.8. The fourth-order valence-electron chi connectivity index (χ4n) is 15.2. The molecule has 8 rings (SSSR count). The Morgan fingerprint density at radius 1 is 0.826 bits per heavy atom. The van der Waals surface area contributed by atoms with Crippen molar-refractivity contribution in [3.8, 4) is 0 Å². The molecule has 15 atom stereocenters. The molecule has 8 bridgehead atoms. The van der Waals surface area contributed by atoms with Gasteiger partial charge in [0.25, 0.3) is 7.82 Å². The van der Waals surface area contributed by atoms with E-state index in [0.717, 1.165) is 5.56 Å². The van der Waals surface area contributed by atoms with Gasteiger partial charge in [-0.3, -0.25) is 53.1 Å². The number of amides is 7. The Hall–Kier alpha value is -7.00. The van der Waals surface area contributed by atoms with Crippen molar-refractivity contribution in [2.75, 3.05) is 13.2 Å². The number of hydrogen-bond donors (Lipinski definition) is 9. The number of nitrogens with two attached hydrogens (primary N) is 6. The van der Waals surface area contributed by atoms with Gasteiger partial charge >= 0.3 is 0 Å². The van der Waals surface area contributed by atoms with Gasteiger partial charge in [0.15, 0.2) is 6.23 Å². The van der Waals surface area contributed by atoms with E-state index in [9.17, 15) is 53.2 Å². The predicted molar refractivity (Wildman–Crippen MR) is 332 cm³/mol. The number of aliphatic hydroxyl groups excluding tert-OH is 2. The van der Waals surface area contributed by atoms with Crippen LogP contribution >= 0.6 is 7.82 Å². The van der Waals surface area contributed by atoms with Crippen LogP contribution in [0.4, 0.5) is 0 Å². The van der Waals surface area contributed by atoms with Crippen LogP contribution in [0.3, 0.4) is 0 Å². The summed E-state index contributed by atoms with van der Waals surface area (Å²) >= 11 is 0. The largest absolute Gasteiger partial charge is 0.756 e. The summed E-state index contributed by atoms with van der Waals surface area (Å²) in [6, 6.07) is 4.37. The molecule has 1 unspecified atom stereocenters. The number of ether oxygens (including phenoxy) is 1. The van der Waals surface area contributed by atoms with Gasteiger partial charge in [0.05, 0.1) is 41.3 Å². The van der Waals surface area contributed by atoms with Gasteiger partial charge in [0.1, 0.15) is 18.3 Å². The molecule has 2 aromatic rings. The van der Waals surface area contributed by atoms with Crippen molar-refractivity contribution >= 4 is 77.3 Å². The van der Waals surface area contributed by atoms with Crippen molar-refractivity contribution in [1.29, 1.82) is 5.26 Å². The van der Waals surface area contributed by atoms with Gasteiger partial charge in [0.2, 0.25) is 41.4 Å². The van der Waals surface area contributed by atoms with E-state index in [1.165, 1.54) is 17.8 Å². The fraction of sp³-hybridized carbons (Fsp3) is 0.613. The molecule has 0 saturated carbocycles. The Balaban J connectivity index is 0.00000444. The van der Waals surface area contributed by atoms with E-state index in [4.69, 9.17) is 80.3 Å². The number of rotatable bonds is 26. The molecular weight excluding hydrogens is 1250 g/mol. The number of carbonyl (C=O) groups excluding carboxylic acids is 7. The number of hydrogen-bond acceptors (Lipinski definition) is 19. The van der Waals surface area contributed by atoms with E-state index in [2.05, 4.69) is 10.3 Å². The molecule has 15 N–H and O–H groups in total. The number of nitrogens with one attached hydrogen (secondary N) is 1. The summed E-state index contributed by atoms with van der Waals surface area (Å²) in [5, 5.41) is 36.2. The van der Waals surface area contributed by atoms with Gasteiger partial charge in [-0.05, 0) is 107 Å². The number of phosphoric ester groups is 1. The molecule has 1 radical (unpaired) electrons. The van der Waals surface area contributed by atoms with Gasteiger partial charge in [0, 0.05) is 125 Å². The molecule has 2 fully saturated rings. The van der Waals surface area contributed by atoms with Crippen LogP contribution in [0.2, 0.25) is 0 Å². The minimum absolute atomic E-state index is 0. The maximum Gasteiger partial charge on any atom is 0.268 e. The van der Waals surface area contributed by atoms with Crippen LogP contribution in [0, 0.1) is 64.1 Å². The van der Waals surface area contributed by atoms with Gasteiger partial charge in [-0.25, -0.2) is 4.98 Å². The van der Waals surface area contributed by atoms with Crippen LogP contribution < -0.4 is 44.6 Å². The number of aryl methyl sites for hydroxylation is 1. The molecule has 28 nitrogen and oxygen atoms in total. The molecular formula is C62H86CoN14O14P-3. The molecule has 92 heavy (non-hydrogen) atoms. The second kappa shape index (κ2) is 28.3. The minimum atomic E-state index is -5.31. The van der Waals surface area contributed by atoms with E-state index < -0.39 is 143 Å².